The predicted molar refractivity (Wildman–Crippen MR) is 85.2 cm³/mol. The van der Waals surface area contributed by atoms with Crippen LogP contribution in [0.4, 0.5) is 0 Å². The quantitative estimate of drug-likeness (QED) is 0.860. The van der Waals surface area contributed by atoms with Gasteiger partial charge in [0.25, 0.3) is 0 Å². The molecule has 0 spiro atoms. The summed E-state index contributed by atoms with van der Waals surface area (Å²) in [6.45, 7) is 4.63. The van der Waals surface area contributed by atoms with Gasteiger partial charge in [-0.05, 0) is 55.4 Å². The number of hydrogen-bond donors (Lipinski definition) is 1. The zero-order chi connectivity index (χ0) is 14.4. The number of halogens is 1. The maximum Gasteiger partial charge on any atom is 0.119 e. The van der Waals surface area contributed by atoms with Crippen LogP contribution in [0.25, 0.3) is 0 Å². The lowest BCUT2D eigenvalue weighted by Crippen LogP contribution is -2.22. The highest BCUT2D eigenvalue weighted by Gasteiger charge is 2.15. The maximum atomic E-state index is 6.04. The Morgan fingerprint density at radius 2 is 2.15 bits per heavy atom. The minimum absolute atomic E-state index is 0.206. The fourth-order valence-corrected chi connectivity index (χ4v) is 2.76. The van der Waals surface area contributed by atoms with Gasteiger partial charge in [-0.3, -0.25) is 0 Å². The standard InChI is InChI=1S/C16H24BrNO2/c1-2-14(18)9-13-10-15(3-4-16(13)17)20-11-12-5-7-19-8-6-12/h3-4,10,12,14H,2,5-9,11,18H2,1H3. The van der Waals surface area contributed by atoms with Gasteiger partial charge in [0, 0.05) is 23.7 Å². The minimum atomic E-state index is 0.206. The summed E-state index contributed by atoms with van der Waals surface area (Å²) in [5.41, 5.74) is 7.27. The molecule has 1 aliphatic heterocycles. The van der Waals surface area contributed by atoms with Crippen molar-refractivity contribution in [3.63, 3.8) is 0 Å². The first-order valence-electron chi connectivity index (χ1n) is 7.43. The monoisotopic (exact) mass is 341 g/mol. The van der Waals surface area contributed by atoms with Crippen molar-refractivity contribution in [1.82, 2.24) is 0 Å². The summed E-state index contributed by atoms with van der Waals surface area (Å²) in [5.74, 6) is 1.56. The summed E-state index contributed by atoms with van der Waals surface area (Å²) in [4.78, 5) is 0. The van der Waals surface area contributed by atoms with Crippen molar-refractivity contribution in [2.45, 2.75) is 38.6 Å². The summed E-state index contributed by atoms with van der Waals surface area (Å²) in [6, 6.07) is 6.39. The Bertz CT molecular complexity index is 419. The van der Waals surface area contributed by atoms with E-state index in [1.54, 1.807) is 0 Å². The molecule has 3 nitrogen and oxygen atoms in total. The van der Waals surface area contributed by atoms with E-state index in [0.29, 0.717) is 5.92 Å². The third kappa shape index (κ3) is 4.76. The zero-order valence-corrected chi connectivity index (χ0v) is 13.7. The van der Waals surface area contributed by atoms with Gasteiger partial charge in [0.2, 0.25) is 0 Å². The maximum absolute atomic E-state index is 6.04. The van der Waals surface area contributed by atoms with Crippen molar-refractivity contribution < 1.29 is 9.47 Å². The Kier molecular flexibility index (Phi) is 6.33. The first-order valence-corrected chi connectivity index (χ1v) is 8.23. The Morgan fingerprint density at radius 1 is 1.40 bits per heavy atom. The lowest BCUT2D eigenvalue weighted by molar-refractivity contribution is 0.0497. The molecule has 2 N–H and O–H groups in total. The van der Waals surface area contributed by atoms with Crippen LogP contribution in [0.3, 0.4) is 0 Å². The summed E-state index contributed by atoms with van der Waals surface area (Å²) in [6.07, 6.45) is 4.07. The SMILES string of the molecule is CCC(N)Cc1cc(OCC2CCOCC2)ccc1Br. The molecular weight excluding hydrogens is 318 g/mol. The van der Waals surface area contributed by atoms with Crippen molar-refractivity contribution in [3.8, 4) is 5.75 Å². The summed E-state index contributed by atoms with van der Waals surface area (Å²) in [7, 11) is 0. The van der Waals surface area contributed by atoms with Crippen molar-refractivity contribution in [2.24, 2.45) is 11.7 Å². The van der Waals surface area contributed by atoms with Crippen LogP contribution in [-0.2, 0) is 11.2 Å². The van der Waals surface area contributed by atoms with E-state index in [9.17, 15) is 0 Å². The molecule has 1 saturated heterocycles. The molecule has 1 atom stereocenters. The molecule has 0 aromatic heterocycles. The molecule has 20 heavy (non-hydrogen) atoms. The van der Waals surface area contributed by atoms with Gasteiger partial charge in [-0.2, -0.15) is 0 Å². The zero-order valence-electron chi connectivity index (χ0n) is 12.1. The van der Waals surface area contributed by atoms with Crippen LogP contribution in [0.1, 0.15) is 31.7 Å². The van der Waals surface area contributed by atoms with E-state index in [2.05, 4.69) is 35.0 Å². The van der Waals surface area contributed by atoms with E-state index in [-0.39, 0.29) is 6.04 Å². The topological polar surface area (TPSA) is 44.5 Å². The Labute approximate surface area is 130 Å². The van der Waals surface area contributed by atoms with E-state index in [1.165, 1.54) is 5.56 Å². The second-order valence-corrected chi connectivity index (χ2v) is 6.35. The Balaban J connectivity index is 1.92. The van der Waals surface area contributed by atoms with Crippen LogP contribution in [0.15, 0.2) is 22.7 Å². The van der Waals surface area contributed by atoms with Crippen LogP contribution >= 0.6 is 15.9 Å². The van der Waals surface area contributed by atoms with Crippen molar-refractivity contribution in [2.75, 3.05) is 19.8 Å². The average Bonchev–Trinajstić information content (AvgIpc) is 2.49. The minimum Gasteiger partial charge on any atom is -0.493 e. The highest BCUT2D eigenvalue weighted by molar-refractivity contribution is 9.10. The third-order valence-electron chi connectivity index (χ3n) is 3.85. The van der Waals surface area contributed by atoms with Gasteiger partial charge in [-0.25, -0.2) is 0 Å². The molecule has 1 aliphatic rings. The highest BCUT2D eigenvalue weighted by Crippen LogP contribution is 2.25. The third-order valence-corrected chi connectivity index (χ3v) is 4.62. The fourth-order valence-electron chi connectivity index (χ4n) is 2.35. The van der Waals surface area contributed by atoms with E-state index >= 15 is 0 Å². The van der Waals surface area contributed by atoms with Gasteiger partial charge in [0.1, 0.15) is 5.75 Å². The largest absolute Gasteiger partial charge is 0.493 e. The Morgan fingerprint density at radius 3 is 2.85 bits per heavy atom. The number of hydrogen-bond acceptors (Lipinski definition) is 3. The van der Waals surface area contributed by atoms with Crippen molar-refractivity contribution >= 4 is 15.9 Å². The van der Waals surface area contributed by atoms with Gasteiger partial charge in [-0.1, -0.05) is 22.9 Å². The average molecular weight is 342 g/mol. The molecule has 1 fully saturated rings. The van der Waals surface area contributed by atoms with Gasteiger partial charge < -0.3 is 15.2 Å². The predicted octanol–water partition coefficient (Wildman–Crippen LogP) is 3.53. The van der Waals surface area contributed by atoms with Crippen LogP contribution < -0.4 is 10.5 Å². The molecule has 1 unspecified atom stereocenters. The second-order valence-electron chi connectivity index (χ2n) is 5.49. The van der Waals surface area contributed by atoms with E-state index in [4.69, 9.17) is 15.2 Å². The molecule has 0 aliphatic carbocycles. The molecule has 112 valence electrons. The van der Waals surface area contributed by atoms with Crippen LogP contribution in [0.5, 0.6) is 5.75 Å². The number of rotatable bonds is 6. The number of nitrogens with two attached hydrogens (primary N) is 1. The highest BCUT2D eigenvalue weighted by atomic mass is 79.9. The number of ether oxygens (including phenoxy) is 2. The lowest BCUT2D eigenvalue weighted by Gasteiger charge is -2.22. The summed E-state index contributed by atoms with van der Waals surface area (Å²) >= 11 is 3.59. The fraction of sp³-hybridized carbons (Fsp3) is 0.625. The molecule has 4 heteroatoms. The number of benzene rings is 1. The van der Waals surface area contributed by atoms with Crippen LogP contribution in [-0.4, -0.2) is 25.9 Å². The molecule has 0 amide bonds. The van der Waals surface area contributed by atoms with Crippen LogP contribution in [0, 0.1) is 5.92 Å². The van der Waals surface area contributed by atoms with E-state index in [1.807, 2.05) is 6.07 Å². The summed E-state index contributed by atoms with van der Waals surface area (Å²) < 4.78 is 12.4. The van der Waals surface area contributed by atoms with Gasteiger partial charge in [0.05, 0.1) is 6.61 Å². The molecule has 1 aromatic rings. The lowest BCUT2D eigenvalue weighted by atomic mass is 10.0. The normalized spacial score (nSPS) is 17.9. The second kappa shape index (κ2) is 8.01. The van der Waals surface area contributed by atoms with E-state index in [0.717, 1.165) is 55.7 Å². The van der Waals surface area contributed by atoms with Crippen molar-refractivity contribution in [1.29, 1.82) is 0 Å². The molecule has 0 bridgehead atoms. The van der Waals surface area contributed by atoms with Gasteiger partial charge in [-0.15, -0.1) is 0 Å². The first-order chi connectivity index (χ1) is 9.69. The van der Waals surface area contributed by atoms with Gasteiger partial charge >= 0.3 is 0 Å². The molecule has 1 aromatic carbocycles. The van der Waals surface area contributed by atoms with Crippen LogP contribution in [0.2, 0.25) is 0 Å². The van der Waals surface area contributed by atoms with Gasteiger partial charge in [0.15, 0.2) is 0 Å². The Hall–Kier alpha value is -0.580. The molecule has 0 radical (unpaired) electrons. The molecule has 1 heterocycles. The molecule has 2 rings (SSSR count). The first kappa shape index (κ1) is 15.8. The van der Waals surface area contributed by atoms with E-state index < -0.39 is 0 Å². The molecule has 0 saturated carbocycles. The molecular formula is C16H24BrNO2. The summed E-state index contributed by atoms with van der Waals surface area (Å²) in [5, 5.41) is 0. The van der Waals surface area contributed by atoms with Crippen molar-refractivity contribution in [3.05, 3.63) is 28.2 Å². The smallest absolute Gasteiger partial charge is 0.119 e.